The van der Waals surface area contributed by atoms with Crippen molar-refractivity contribution in [2.24, 2.45) is 16.1 Å². The van der Waals surface area contributed by atoms with Crippen LogP contribution in [-0.2, 0) is 0 Å². The standard InChI is InChI=1S/C38H52N8O2/c1-6-7-10-22-42-23-21-35(41)46-25-28(17-20-34(46)40)48-32-19-18-31(29-11-8-9-12-30(29)32)44-37(47)45-36(24-33(39)38(3,4)5)43-27-15-13-26(2)14-16-27/h8-9,11-17,20,24-25,31-32,40-42H,6-7,10,18-19,21-23H2,1-5H3,(H4,39,43,44,45,47)/p+1. The van der Waals surface area contributed by atoms with Gasteiger partial charge in [0.25, 0.3) is 0 Å². The lowest BCUT2D eigenvalue weighted by atomic mass is 9.85. The summed E-state index contributed by atoms with van der Waals surface area (Å²) in [5.74, 6) is 1.89. The molecule has 2 aromatic carbocycles. The average molecular weight is 654 g/mol. The molecule has 4 rings (SSSR count). The number of nitrogens with one attached hydrogen (secondary N) is 4. The minimum atomic E-state index is -0.365. The van der Waals surface area contributed by atoms with Gasteiger partial charge in [0.2, 0.25) is 11.7 Å². The average Bonchev–Trinajstić information content (AvgIpc) is 3.05. The molecule has 3 aromatic rings. The lowest BCUT2D eigenvalue weighted by Crippen LogP contribution is -2.46. The van der Waals surface area contributed by atoms with Crippen LogP contribution in [0.2, 0.25) is 0 Å². The summed E-state index contributed by atoms with van der Waals surface area (Å²) in [5.41, 5.74) is 16.8. The van der Waals surface area contributed by atoms with Crippen LogP contribution in [0, 0.1) is 17.7 Å². The minimum absolute atomic E-state index is 0.220. The number of urea groups is 1. The summed E-state index contributed by atoms with van der Waals surface area (Å²) in [7, 11) is 0. The van der Waals surface area contributed by atoms with E-state index in [-0.39, 0.29) is 23.6 Å². The lowest BCUT2D eigenvalue weighted by Gasteiger charge is -2.32. The molecule has 0 bridgehead atoms. The van der Waals surface area contributed by atoms with Crippen LogP contribution in [0.5, 0.6) is 5.75 Å². The van der Waals surface area contributed by atoms with Crippen LogP contribution in [-0.4, -0.2) is 30.8 Å². The Morgan fingerprint density at radius 2 is 1.77 bits per heavy atom. The van der Waals surface area contributed by atoms with Crippen molar-refractivity contribution in [3.05, 3.63) is 95.3 Å². The van der Waals surface area contributed by atoms with E-state index in [1.165, 1.54) is 12.8 Å². The van der Waals surface area contributed by atoms with Crippen LogP contribution in [0.3, 0.4) is 0 Å². The van der Waals surface area contributed by atoms with E-state index in [1.807, 2.05) is 82.3 Å². The fourth-order valence-corrected chi connectivity index (χ4v) is 5.46. The van der Waals surface area contributed by atoms with Crippen LogP contribution < -0.4 is 36.7 Å². The van der Waals surface area contributed by atoms with Crippen molar-refractivity contribution in [3.8, 4) is 5.75 Å². The first-order valence-corrected chi connectivity index (χ1v) is 17.0. The van der Waals surface area contributed by atoms with Crippen LogP contribution in [0.25, 0.3) is 0 Å². The number of carbonyl (C=O) groups excluding carboxylic acids is 1. The number of hydrogen-bond acceptors (Lipinski definition) is 7. The maximum Gasteiger partial charge on any atom is 0.320 e. The van der Waals surface area contributed by atoms with E-state index < -0.39 is 0 Å². The Hall–Kier alpha value is -4.70. The van der Waals surface area contributed by atoms with E-state index >= 15 is 0 Å². The van der Waals surface area contributed by atoms with Gasteiger partial charge >= 0.3 is 6.03 Å². The highest BCUT2D eigenvalue weighted by Gasteiger charge is 2.30. The lowest BCUT2D eigenvalue weighted by molar-refractivity contribution is -0.543. The number of aromatic nitrogens is 1. The van der Waals surface area contributed by atoms with Crippen molar-refractivity contribution in [2.75, 3.05) is 18.8 Å². The Balaban J connectivity index is 1.45. The quantitative estimate of drug-likeness (QED) is 0.0553. The molecule has 48 heavy (non-hydrogen) atoms. The highest BCUT2D eigenvalue weighted by atomic mass is 16.5. The Labute approximate surface area is 285 Å². The molecule has 10 heteroatoms. The molecule has 1 aliphatic rings. The van der Waals surface area contributed by atoms with E-state index in [9.17, 15) is 4.79 Å². The molecule has 0 fully saturated rings. The molecule has 0 saturated carbocycles. The number of unbranched alkanes of at least 4 members (excludes halogenated alkanes) is 2. The summed E-state index contributed by atoms with van der Waals surface area (Å²) < 4.78 is 8.19. The van der Waals surface area contributed by atoms with Crippen LogP contribution >= 0.6 is 0 Å². The predicted octanol–water partition coefficient (Wildman–Crippen LogP) is 6.73. The summed E-state index contributed by atoms with van der Waals surface area (Å²) in [4.78, 5) is 18.1. The first-order valence-electron chi connectivity index (χ1n) is 17.0. The number of nitrogens with zero attached hydrogens (tertiary/aromatic N) is 2. The zero-order valence-corrected chi connectivity index (χ0v) is 29.1. The molecule has 0 saturated heterocycles. The number of nitrogen functional groups attached to an aromatic ring is 1. The van der Waals surface area contributed by atoms with Gasteiger partial charge in [-0.1, -0.05) is 82.5 Å². The number of amidine groups is 1. The second-order valence-corrected chi connectivity index (χ2v) is 13.5. The molecule has 0 aliphatic heterocycles. The Kier molecular flexibility index (Phi) is 12.7. The highest BCUT2D eigenvalue weighted by Crippen LogP contribution is 2.38. The van der Waals surface area contributed by atoms with Crippen LogP contribution in [0.4, 0.5) is 16.3 Å². The number of hydrogen-bond donors (Lipinski definition) is 6. The van der Waals surface area contributed by atoms with Gasteiger partial charge in [0.1, 0.15) is 18.1 Å². The third-order valence-corrected chi connectivity index (χ3v) is 8.44. The normalized spacial score (nSPS) is 16.6. The first kappa shape index (κ1) is 36.1. The molecule has 2 unspecified atom stereocenters. The van der Waals surface area contributed by atoms with E-state index in [0.717, 1.165) is 41.9 Å². The molecule has 8 N–H and O–H groups in total. The smallest absolute Gasteiger partial charge is 0.320 e. The maximum absolute atomic E-state index is 13.4. The van der Waals surface area contributed by atoms with Gasteiger partial charge < -0.3 is 26.8 Å². The number of anilines is 1. The molecule has 0 radical (unpaired) electrons. The third-order valence-electron chi connectivity index (χ3n) is 8.44. The minimum Gasteiger partial charge on any atom is -0.483 e. The number of nitrogens with two attached hydrogens (primary N) is 2. The van der Waals surface area contributed by atoms with E-state index in [0.29, 0.717) is 48.2 Å². The predicted molar refractivity (Wildman–Crippen MR) is 195 cm³/mol. The molecular formula is C38H53N8O2+. The van der Waals surface area contributed by atoms with Gasteiger partial charge in [-0.25, -0.2) is 14.4 Å². The molecule has 2 amide bonds. The number of amides is 2. The molecule has 1 aliphatic carbocycles. The first-order chi connectivity index (χ1) is 22.9. The molecule has 10 nitrogen and oxygen atoms in total. The van der Waals surface area contributed by atoms with Crippen LogP contribution in [0.1, 0.15) is 95.1 Å². The summed E-state index contributed by atoms with van der Waals surface area (Å²) >= 11 is 0. The summed E-state index contributed by atoms with van der Waals surface area (Å²) in [6.07, 6.45) is 8.74. The summed E-state index contributed by atoms with van der Waals surface area (Å²) in [6, 6.07) is 18.8. The van der Waals surface area contributed by atoms with Crippen molar-refractivity contribution >= 4 is 29.2 Å². The number of benzene rings is 2. The number of pyridine rings is 1. The zero-order chi connectivity index (χ0) is 34.7. The number of carbonyl (C=O) groups is 1. The van der Waals surface area contributed by atoms with Crippen molar-refractivity contribution in [1.82, 2.24) is 16.0 Å². The van der Waals surface area contributed by atoms with Crippen molar-refractivity contribution in [2.45, 2.75) is 85.3 Å². The van der Waals surface area contributed by atoms with Gasteiger partial charge in [0.15, 0.2) is 5.75 Å². The van der Waals surface area contributed by atoms with Gasteiger partial charge in [-0.3, -0.25) is 5.32 Å². The second kappa shape index (κ2) is 16.9. The number of fused-ring (bicyclic) bond motifs is 1. The zero-order valence-electron chi connectivity index (χ0n) is 29.1. The largest absolute Gasteiger partial charge is 0.483 e. The Morgan fingerprint density at radius 1 is 1.04 bits per heavy atom. The van der Waals surface area contributed by atoms with E-state index in [1.54, 1.807) is 22.9 Å². The molecule has 256 valence electrons. The van der Waals surface area contributed by atoms with E-state index in [4.69, 9.17) is 21.6 Å². The maximum atomic E-state index is 13.4. The Morgan fingerprint density at radius 3 is 2.48 bits per heavy atom. The molecule has 1 aromatic heterocycles. The summed E-state index contributed by atoms with van der Waals surface area (Å²) in [6.45, 7) is 11.9. The topological polar surface area (TPSA) is 155 Å². The van der Waals surface area contributed by atoms with Gasteiger partial charge in [-0.05, 0) is 62.1 Å². The van der Waals surface area contributed by atoms with Crippen molar-refractivity contribution < 1.29 is 14.1 Å². The number of rotatable bonds is 12. The van der Waals surface area contributed by atoms with Crippen molar-refractivity contribution in [1.29, 1.82) is 5.41 Å². The highest BCUT2D eigenvalue weighted by molar-refractivity contribution is 6.05. The number of ether oxygens (including phenoxy) is 1. The molecule has 2 atom stereocenters. The second-order valence-electron chi connectivity index (χ2n) is 13.5. The SMILES string of the molecule is CCCCCNCCC(=N)[n+]1cc(OC2CCC(NC(=O)NC(C=C(N)C(C)(C)C)=Nc3ccc(C)cc3)c3ccccc32)ccc1N. The molecular weight excluding hydrogens is 600 g/mol. The van der Waals surface area contributed by atoms with Gasteiger partial charge in [0.05, 0.1) is 11.7 Å². The fraction of sp³-hybridized carbons (Fsp3) is 0.421. The third kappa shape index (κ3) is 10.4. The van der Waals surface area contributed by atoms with Gasteiger partial charge in [0, 0.05) is 36.2 Å². The molecule has 1 heterocycles. The van der Waals surface area contributed by atoms with Gasteiger partial charge in [-0.2, -0.15) is 5.41 Å². The summed E-state index contributed by atoms with van der Waals surface area (Å²) in [5, 5.41) is 18.1. The van der Waals surface area contributed by atoms with Crippen molar-refractivity contribution in [3.63, 3.8) is 0 Å². The van der Waals surface area contributed by atoms with Gasteiger partial charge in [-0.15, -0.1) is 0 Å². The monoisotopic (exact) mass is 653 g/mol. The number of aliphatic imine (C=N–C) groups is 1. The molecule has 0 spiro atoms. The fourth-order valence-electron chi connectivity index (χ4n) is 5.46. The van der Waals surface area contributed by atoms with Crippen LogP contribution in [0.15, 0.2) is 83.6 Å². The number of aryl methyl sites for hydroxylation is 1. The number of allylic oxidation sites excluding steroid dienone is 1. The Bertz CT molecular complexity index is 1610. The van der Waals surface area contributed by atoms with E-state index in [2.05, 4.69) is 27.9 Å².